The van der Waals surface area contributed by atoms with Crippen LogP contribution < -0.4 is 5.32 Å². The number of carbonyl (C=O) groups excluding carboxylic acids is 1. The topological polar surface area (TPSA) is 54.9 Å². The maximum Gasteiger partial charge on any atom is 0.263 e. The van der Waals surface area contributed by atoms with Gasteiger partial charge in [0.2, 0.25) is 0 Å². The lowest BCUT2D eigenvalue weighted by Crippen LogP contribution is -2.24. The summed E-state index contributed by atoms with van der Waals surface area (Å²) in [7, 11) is 0. The fourth-order valence-corrected chi connectivity index (χ4v) is 3.00. The molecule has 0 bridgehead atoms. The summed E-state index contributed by atoms with van der Waals surface area (Å²) in [4.78, 5) is 21.6. The fraction of sp³-hybridized carbons (Fsp3) is 0.438. The zero-order valence-corrected chi connectivity index (χ0v) is 13.4. The normalized spacial score (nSPS) is 10.6. The molecule has 0 spiro atoms. The zero-order chi connectivity index (χ0) is 15.1. The maximum atomic E-state index is 12.2. The van der Waals surface area contributed by atoms with Crippen LogP contribution in [0.4, 0.5) is 0 Å². The second-order valence-electron chi connectivity index (χ2n) is 4.97. The van der Waals surface area contributed by atoms with Crippen molar-refractivity contribution in [2.45, 2.75) is 39.5 Å². The fourth-order valence-electron chi connectivity index (χ4n) is 2.04. The molecule has 0 radical (unpaired) electrons. The first-order valence-corrected chi connectivity index (χ1v) is 8.21. The van der Waals surface area contributed by atoms with E-state index in [1.165, 1.54) is 24.2 Å². The molecule has 0 aliphatic carbocycles. The molecular weight excluding hydrogens is 282 g/mol. The molecule has 2 rings (SSSR count). The number of aromatic nitrogens is 2. The maximum absolute atomic E-state index is 12.2. The van der Waals surface area contributed by atoms with Crippen LogP contribution in [-0.2, 0) is 0 Å². The van der Waals surface area contributed by atoms with Crippen LogP contribution in [0.5, 0.6) is 0 Å². The molecule has 0 aromatic carbocycles. The van der Waals surface area contributed by atoms with Gasteiger partial charge in [0.15, 0.2) is 0 Å². The van der Waals surface area contributed by atoms with Crippen molar-refractivity contribution in [3.05, 3.63) is 35.0 Å². The van der Waals surface area contributed by atoms with Gasteiger partial charge in [0.25, 0.3) is 5.91 Å². The molecule has 0 aliphatic heterocycles. The number of unbranched alkanes of at least 4 members (excludes halogenated alkanes) is 3. The summed E-state index contributed by atoms with van der Waals surface area (Å²) in [5.74, 6) is -0.0244. The molecule has 112 valence electrons. The molecule has 2 heterocycles. The minimum atomic E-state index is -0.0244. The molecule has 1 amide bonds. The number of nitrogens with one attached hydrogen (secondary N) is 1. The van der Waals surface area contributed by atoms with Gasteiger partial charge in [0.05, 0.1) is 11.4 Å². The number of hydrogen-bond donors (Lipinski definition) is 1. The van der Waals surface area contributed by atoms with E-state index < -0.39 is 0 Å². The summed E-state index contributed by atoms with van der Waals surface area (Å²) < 4.78 is 0. The van der Waals surface area contributed by atoms with Crippen LogP contribution in [-0.4, -0.2) is 22.4 Å². The third-order valence-corrected chi connectivity index (χ3v) is 4.38. The molecule has 0 atom stereocenters. The number of thiazole rings is 1. The first-order valence-electron chi connectivity index (χ1n) is 7.39. The monoisotopic (exact) mass is 303 g/mol. The molecule has 2 aromatic heterocycles. The highest BCUT2D eigenvalue weighted by atomic mass is 32.1. The Labute approximate surface area is 129 Å². The Bertz CT molecular complexity index is 580. The van der Waals surface area contributed by atoms with E-state index >= 15 is 0 Å². The zero-order valence-electron chi connectivity index (χ0n) is 12.6. The van der Waals surface area contributed by atoms with Crippen LogP contribution >= 0.6 is 11.3 Å². The predicted molar refractivity (Wildman–Crippen MR) is 86.6 cm³/mol. The van der Waals surface area contributed by atoms with Gasteiger partial charge in [-0.1, -0.05) is 32.3 Å². The van der Waals surface area contributed by atoms with Gasteiger partial charge in [-0.3, -0.25) is 9.78 Å². The molecule has 0 saturated carbocycles. The second-order valence-corrected chi connectivity index (χ2v) is 5.96. The Morgan fingerprint density at radius 3 is 2.86 bits per heavy atom. The molecule has 5 heteroatoms. The molecule has 1 N–H and O–H groups in total. The van der Waals surface area contributed by atoms with Crippen molar-refractivity contribution in [1.82, 2.24) is 15.3 Å². The Morgan fingerprint density at radius 2 is 2.14 bits per heavy atom. The third-order valence-electron chi connectivity index (χ3n) is 3.20. The van der Waals surface area contributed by atoms with E-state index in [0.717, 1.165) is 35.8 Å². The van der Waals surface area contributed by atoms with E-state index in [1.54, 1.807) is 6.20 Å². The Morgan fingerprint density at radius 1 is 1.29 bits per heavy atom. The van der Waals surface area contributed by atoms with Crippen LogP contribution in [0.1, 0.15) is 48.0 Å². The van der Waals surface area contributed by atoms with E-state index in [-0.39, 0.29) is 5.91 Å². The average Bonchev–Trinajstić information content (AvgIpc) is 2.90. The highest BCUT2D eigenvalue weighted by Gasteiger charge is 2.16. The Balaban J connectivity index is 1.97. The first kappa shape index (κ1) is 15.6. The van der Waals surface area contributed by atoms with Gasteiger partial charge in [-0.25, -0.2) is 4.98 Å². The van der Waals surface area contributed by atoms with Gasteiger partial charge < -0.3 is 5.32 Å². The number of pyridine rings is 1. The highest BCUT2D eigenvalue weighted by Crippen LogP contribution is 2.26. The number of hydrogen-bond acceptors (Lipinski definition) is 4. The Kier molecular flexibility index (Phi) is 5.87. The summed E-state index contributed by atoms with van der Waals surface area (Å²) in [6, 6.07) is 5.70. The van der Waals surface area contributed by atoms with E-state index in [2.05, 4.69) is 22.2 Å². The Hall–Kier alpha value is -1.75. The van der Waals surface area contributed by atoms with Gasteiger partial charge in [-0.05, 0) is 25.5 Å². The SMILES string of the molecule is CCCCCCNC(=O)c1sc(-c2ccccn2)nc1C. The number of aryl methyl sites for hydroxylation is 1. The second kappa shape index (κ2) is 7.88. The van der Waals surface area contributed by atoms with Crippen LogP contribution in [0, 0.1) is 6.92 Å². The van der Waals surface area contributed by atoms with Crippen molar-refractivity contribution in [3.8, 4) is 10.7 Å². The first-order chi connectivity index (χ1) is 10.2. The standard InChI is InChI=1S/C16H21N3OS/c1-3-4-5-7-11-18-15(20)14-12(2)19-16(21-14)13-9-6-8-10-17-13/h6,8-10H,3-5,7,11H2,1-2H3,(H,18,20). The molecule has 0 unspecified atom stereocenters. The van der Waals surface area contributed by atoms with Crippen molar-refractivity contribution in [2.75, 3.05) is 6.54 Å². The van der Waals surface area contributed by atoms with Crippen LogP contribution in [0.15, 0.2) is 24.4 Å². The van der Waals surface area contributed by atoms with Crippen molar-refractivity contribution in [3.63, 3.8) is 0 Å². The molecule has 21 heavy (non-hydrogen) atoms. The quantitative estimate of drug-likeness (QED) is 0.791. The van der Waals surface area contributed by atoms with Gasteiger partial charge in [-0.15, -0.1) is 11.3 Å². The van der Waals surface area contributed by atoms with E-state index in [4.69, 9.17) is 0 Å². The van der Waals surface area contributed by atoms with E-state index in [9.17, 15) is 4.79 Å². The van der Waals surface area contributed by atoms with Gasteiger partial charge in [0, 0.05) is 12.7 Å². The molecule has 0 saturated heterocycles. The van der Waals surface area contributed by atoms with Gasteiger partial charge in [0.1, 0.15) is 9.88 Å². The summed E-state index contributed by atoms with van der Waals surface area (Å²) in [5, 5.41) is 3.77. The molecule has 0 fully saturated rings. The number of rotatable bonds is 7. The third kappa shape index (κ3) is 4.36. The summed E-state index contributed by atoms with van der Waals surface area (Å²) >= 11 is 1.40. The van der Waals surface area contributed by atoms with Crippen molar-refractivity contribution < 1.29 is 4.79 Å². The summed E-state index contributed by atoms with van der Waals surface area (Å²) in [6.45, 7) is 4.78. The molecule has 0 aliphatic rings. The number of carbonyl (C=O) groups is 1. The largest absolute Gasteiger partial charge is 0.351 e. The lowest BCUT2D eigenvalue weighted by atomic mass is 10.2. The minimum absolute atomic E-state index is 0.0244. The minimum Gasteiger partial charge on any atom is -0.351 e. The average molecular weight is 303 g/mol. The van der Waals surface area contributed by atoms with Crippen LogP contribution in [0.25, 0.3) is 10.7 Å². The smallest absolute Gasteiger partial charge is 0.263 e. The highest BCUT2D eigenvalue weighted by molar-refractivity contribution is 7.17. The van der Waals surface area contributed by atoms with E-state index in [0.29, 0.717) is 4.88 Å². The molecule has 2 aromatic rings. The lowest BCUT2D eigenvalue weighted by molar-refractivity contribution is 0.0956. The van der Waals surface area contributed by atoms with Crippen LogP contribution in [0.2, 0.25) is 0 Å². The lowest BCUT2D eigenvalue weighted by Gasteiger charge is -2.03. The molecule has 4 nitrogen and oxygen atoms in total. The van der Waals surface area contributed by atoms with E-state index in [1.807, 2.05) is 25.1 Å². The molecular formula is C16H21N3OS. The van der Waals surface area contributed by atoms with Crippen molar-refractivity contribution in [2.24, 2.45) is 0 Å². The summed E-state index contributed by atoms with van der Waals surface area (Å²) in [6.07, 6.45) is 6.36. The van der Waals surface area contributed by atoms with Gasteiger partial charge >= 0.3 is 0 Å². The van der Waals surface area contributed by atoms with Crippen molar-refractivity contribution in [1.29, 1.82) is 0 Å². The van der Waals surface area contributed by atoms with Gasteiger partial charge in [-0.2, -0.15) is 0 Å². The predicted octanol–water partition coefficient (Wildman–Crippen LogP) is 3.82. The number of nitrogens with zero attached hydrogens (tertiary/aromatic N) is 2. The number of amides is 1. The van der Waals surface area contributed by atoms with Crippen LogP contribution in [0.3, 0.4) is 0 Å². The van der Waals surface area contributed by atoms with Crippen molar-refractivity contribution >= 4 is 17.2 Å². The summed E-state index contributed by atoms with van der Waals surface area (Å²) in [5.41, 5.74) is 1.58.